The first-order chi connectivity index (χ1) is 14.4. The van der Waals surface area contributed by atoms with Crippen molar-refractivity contribution in [3.63, 3.8) is 0 Å². The van der Waals surface area contributed by atoms with E-state index in [0.717, 1.165) is 5.56 Å². The fourth-order valence-corrected chi connectivity index (χ4v) is 3.87. The van der Waals surface area contributed by atoms with E-state index in [0.29, 0.717) is 18.0 Å². The maximum Gasteiger partial charge on any atom is 0.408 e. The van der Waals surface area contributed by atoms with Gasteiger partial charge in [0.2, 0.25) is 5.91 Å². The lowest BCUT2D eigenvalue weighted by atomic mass is 9.90. The molecule has 0 aromatic heterocycles. The number of ether oxygens (including phenoxy) is 2. The molecule has 1 N–H and O–H groups in total. The number of alkyl carbamates (subject to hydrolysis) is 1. The van der Waals surface area contributed by atoms with Crippen molar-refractivity contribution in [2.24, 2.45) is 17.8 Å². The van der Waals surface area contributed by atoms with Crippen LogP contribution < -0.4 is 5.32 Å². The predicted octanol–water partition coefficient (Wildman–Crippen LogP) is 3.68. The number of rotatable bonds is 6. The zero-order valence-electron chi connectivity index (χ0n) is 19.1. The van der Waals surface area contributed by atoms with Crippen LogP contribution >= 0.6 is 11.6 Å². The van der Waals surface area contributed by atoms with Gasteiger partial charge in [-0.1, -0.05) is 37.6 Å². The predicted molar refractivity (Wildman–Crippen MR) is 119 cm³/mol. The summed E-state index contributed by atoms with van der Waals surface area (Å²) in [4.78, 5) is 39.6. The largest absolute Gasteiger partial charge is 0.469 e. The fourth-order valence-electron chi connectivity index (χ4n) is 3.74. The minimum absolute atomic E-state index is 0.0908. The summed E-state index contributed by atoms with van der Waals surface area (Å²) >= 11 is 5.97. The van der Waals surface area contributed by atoms with Crippen molar-refractivity contribution in [1.82, 2.24) is 10.2 Å². The molecule has 172 valence electrons. The van der Waals surface area contributed by atoms with Crippen molar-refractivity contribution < 1.29 is 23.9 Å². The van der Waals surface area contributed by atoms with Gasteiger partial charge in [0.25, 0.3) is 0 Å². The lowest BCUT2D eigenvalue weighted by Gasteiger charge is -2.28. The molecule has 0 unspecified atom stereocenters. The number of esters is 1. The summed E-state index contributed by atoms with van der Waals surface area (Å²) in [6, 6.07) is 6.70. The Morgan fingerprint density at radius 1 is 1.16 bits per heavy atom. The van der Waals surface area contributed by atoms with E-state index in [1.54, 1.807) is 25.7 Å². The molecule has 0 spiro atoms. The van der Waals surface area contributed by atoms with Gasteiger partial charge in [0.1, 0.15) is 11.6 Å². The Morgan fingerprint density at radius 2 is 1.77 bits per heavy atom. The van der Waals surface area contributed by atoms with E-state index in [1.807, 2.05) is 38.1 Å². The summed E-state index contributed by atoms with van der Waals surface area (Å²) in [6.45, 7) is 9.67. The third-order valence-electron chi connectivity index (χ3n) is 5.27. The van der Waals surface area contributed by atoms with E-state index in [1.165, 1.54) is 7.11 Å². The molecule has 1 aliphatic heterocycles. The molecule has 1 aliphatic rings. The molecule has 0 aliphatic carbocycles. The molecule has 2 rings (SSSR count). The summed E-state index contributed by atoms with van der Waals surface area (Å²) in [5.41, 5.74) is 0.368. The Morgan fingerprint density at radius 3 is 2.29 bits per heavy atom. The van der Waals surface area contributed by atoms with Crippen LogP contribution in [0, 0.1) is 17.8 Å². The highest BCUT2D eigenvalue weighted by Gasteiger charge is 2.42. The van der Waals surface area contributed by atoms with Crippen LogP contribution in [0.4, 0.5) is 4.79 Å². The van der Waals surface area contributed by atoms with Crippen molar-refractivity contribution in [2.45, 2.75) is 52.7 Å². The molecule has 1 aromatic carbocycles. The Hall–Kier alpha value is -2.28. The number of hydrogen-bond donors (Lipinski definition) is 1. The lowest BCUT2D eigenvalue weighted by Crippen LogP contribution is -2.51. The molecule has 1 saturated heterocycles. The zero-order valence-corrected chi connectivity index (χ0v) is 19.9. The number of nitrogens with zero attached hydrogens (tertiary/aromatic N) is 1. The zero-order chi connectivity index (χ0) is 23.3. The van der Waals surface area contributed by atoms with Crippen molar-refractivity contribution in [3.05, 3.63) is 34.9 Å². The minimum Gasteiger partial charge on any atom is -0.469 e. The number of nitrogens with one attached hydrogen (secondary N) is 1. The van der Waals surface area contributed by atoms with Gasteiger partial charge in [0.15, 0.2) is 0 Å². The number of hydrogen-bond acceptors (Lipinski definition) is 5. The van der Waals surface area contributed by atoms with E-state index in [2.05, 4.69) is 5.32 Å². The van der Waals surface area contributed by atoms with Gasteiger partial charge in [-0.3, -0.25) is 9.59 Å². The Balaban J connectivity index is 2.15. The van der Waals surface area contributed by atoms with E-state index >= 15 is 0 Å². The molecule has 0 bridgehead atoms. The number of carbonyl (C=O) groups is 3. The van der Waals surface area contributed by atoms with Crippen LogP contribution in [-0.4, -0.2) is 54.7 Å². The summed E-state index contributed by atoms with van der Waals surface area (Å²) in [5.74, 6) is -1.23. The van der Waals surface area contributed by atoms with Gasteiger partial charge in [0, 0.05) is 18.1 Å². The van der Waals surface area contributed by atoms with Crippen LogP contribution in [0.25, 0.3) is 0 Å². The van der Waals surface area contributed by atoms with Gasteiger partial charge in [-0.25, -0.2) is 4.79 Å². The average Bonchev–Trinajstić information content (AvgIpc) is 3.09. The first-order valence-electron chi connectivity index (χ1n) is 10.5. The number of halogens is 1. The Kier molecular flexibility index (Phi) is 8.34. The molecule has 1 fully saturated rings. The van der Waals surface area contributed by atoms with Gasteiger partial charge < -0.3 is 19.7 Å². The van der Waals surface area contributed by atoms with E-state index in [9.17, 15) is 14.4 Å². The number of likely N-dealkylation sites (tertiary alicyclic amines) is 1. The van der Waals surface area contributed by atoms with Gasteiger partial charge in [-0.2, -0.15) is 0 Å². The second-order valence-corrected chi connectivity index (χ2v) is 9.77. The van der Waals surface area contributed by atoms with Crippen molar-refractivity contribution in [1.29, 1.82) is 0 Å². The van der Waals surface area contributed by atoms with E-state index in [-0.39, 0.29) is 30.3 Å². The summed E-state index contributed by atoms with van der Waals surface area (Å²) in [5, 5.41) is 3.34. The van der Waals surface area contributed by atoms with Crippen molar-refractivity contribution >= 4 is 29.6 Å². The molecule has 0 radical (unpaired) electrons. The first-order valence-corrected chi connectivity index (χ1v) is 10.9. The molecule has 0 saturated carbocycles. The second kappa shape index (κ2) is 10.4. The van der Waals surface area contributed by atoms with Gasteiger partial charge in [-0.05, 0) is 56.7 Å². The number of carbonyl (C=O) groups excluding carboxylic acids is 3. The molecule has 7 nitrogen and oxygen atoms in total. The molecule has 8 heteroatoms. The topological polar surface area (TPSA) is 84.9 Å². The van der Waals surface area contributed by atoms with Gasteiger partial charge in [-0.15, -0.1) is 0 Å². The lowest BCUT2D eigenvalue weighted by molar-refractivity contribution is -0.146. The normalized spacial score (nSPS) is 19.8. The maximum absolute atomic E-state index is 13.3. The van der Waals surface area contributed by atoms with Crippen LogP contribution in [0.1, 0.15) is 40.2 Å². The number of amides is 2. The highest BCUT2D eigenvalue weighted by Crippen LogP contribution is 2.29. The fraction of sp³-hybridized carbons (Fsp3) is 0.609. The quantitative estimate of drug-likeness (QED) is 0.665. The van der Waals surface area contributed by atoms with Gasteiger partial charge >= 0.3 is 12.1 Å². The van der Waals surface area contributed by atoms with Crippen LogP contribution in [0.2, 0.25) is 5.02 Å². The van der Waals surface area contributed by atoms with Crippen molar-refractivity contribution in [2.75, 3.05) is 20.2 Å². The van der Waals surface area contributed by atoms with E-state index < -0.39 is 23.7 Å². The van der Waals surface area contributed by atoms with Crippen LogP contribution in [0.3, 0.4) is 0 Å². The van der Waals surface area contributed by atoms with Crippen LogP contribution in [-0.2, 0) is 25.5 Å². The first kappa shape index (κ1) is 25.0. The standard InChI is InChI=1S/C23H33ClN2O5/c1-14(2)19(25-22(29)31-23(3,4)5)20(27)26-12-16(18(13-26)21(28)30-6)11-15-7-9-17(24)10-8-15/h7-10,14,16,18-19H,11-13H2,1-6H3,(H,25,29)/t16-,18-,19-/m0/s1. The summed E-state index contributed by atoms with van der Waals surface area (Å²) < 4.78 is 10.3. The Bertz CT molecular complexity index is 788. The molecule has 1 aromatic rings. The number of methoxy groups -OCH3 is 1. The molecule has 2 amide bonds. The minimum atomic E-state index is -0.748. The van der Waals surface area contributed by atoms with Crippen LogP contribution in [0.5, 0.6) is 0 Å². The second-order valence-electron chi connectivity index (χ2n) is 9.33. The number of benzene rings is 1. The monoisotopic (exact) mass is 452 g/mol. The van der Waals surface area contributed by atoms with Crippen LogP contribution in [0.15, 0.2) is 24.3 Å². The Labute approximate surface area is 189 Å². The highest BCUT2D eigenvalue weighted by molar-refractivity contribution is 6.30. The third-order valence-corrected chi connectivity index (χ3v) is 5.52. The third kappa shape index (κ3) is 7.13. The summed E-state index contributed by atoms with van der Waals surface area (Å²) in [7, 11) is 1.35. The average molecular weight is 453 g/mol. The molecule has 3 atom stereocenters. The maximum atomic E-state index is 13.3. The molecular formula is C23H33ClN2O5. The SMILES string of the molecule is COC(=O)[C@H]1CN(C(=O)[C@@H](NC(=O)OC(C)(C)C)C(C)C)C[C@@H]1Cc1ccc(Cl)cc1. The van der Waals surface area contributed by atoms with Crippen molar-refractivity contribution in [3.8, 4) is 0 Å². The molecule has 31 heavy (non-hydrogen) atoms. The molecule has 1 heterocycles. The molecular weight excluding hydrogens is 420 g/mol. The van der Waals surface area contributed by atoms with E-state index in [4.69, 9.17) is 21.1 Å². The highest BCUT2D eigenvalue weighted by atomic mass is 35.5. The van der Waals surface area contributed by atoms with Gasteiger partial charge in [0.05, 0.1) is 13.0 Å². The summed E-state index contributed by atoms with van der Waals surface area (Å²) in [6.07, 6.45) is -0.0204. The smallest absolute Gasteiger partial charge is 0.408 e.